The number of H-pyrrole nitrogens is 1. The lowest BCUT2D eigenvalue weighted by atomic mass is 10.1. The molecule has 13 heteroatoms. The number of aromatic amines is 1. The fraction of sp³-hybridized carbons (Fsp3) is 0.533. The van der Waals surface area contributed by atoms with E-state index in [0.29, 0.717) is 0 Å². The van der Waals surface area contributed by atoms with Crippen molar-refractivity contribution < 1.29 is 27.8 Å². The SMILES string of the molecule is CCOP(=O)(/C=C/[C@H]1O[C@@H](n2cnc3c(=O)[nH]c(N)nc32)[C@H](F)[C@@H]1O)OCC. The number of nitrogens with zero attached hydrogens (tertiary/aromatic N) is 3. The molecule has 154 valence electrons. The minimum Gasteiger partial charge on any atom is -0.387 e. The molecule has 1 aliphatic rings. The molecular weight excluding hydrogens is 396 g/mol. The number of rotatable bonds is 7. The molecule has 0 aliphatic carbocycles. The topological polar surface area (TPSA) is 155 Å². The highest BCUT2D eigenvalue weighted by molar-refractivity contribution is 7.57. The van der Waals surface area contributed by atoms with E-state index in [9.17, 15) is 18.9 Å². The lowest BCUT2D eigenvalue weighted by molar-refractivity contribution is -0.00169. The van der Waals surface area contributed by atoms with Gasteiger partial charge >= 0.3 is 7.60 Å². The largest absolute Gasteiger partial charge is 0.387 e. The van der Waals surface area contributed by atoms with Gasteiger partial charge in [0.2, 0.25) is 5.95 Å². The zero-order chi connectivity index (χ0) is 20.5. The van der Waals surface area contributed by atoms with E-state index in [1.165, 1.54) is 17.0 Å². The van der Waals surface area contributed by atoms with Gasteiger partial charge in [0.15, 0.2) is 23.6 Å². The Bertz CT molecular complexity index is 967. The fourth-order valence-electron chi connectivity index (χ4n) is 2.85. The van der Waals surface area contributed by atoms with Gasteiger partial charge in [-0.25, -0.2) is 9.37 Å². The Balaban J connectivity index is 1.88. The molecule has 1 saturated heterocycles. The molecule has 4 atom stereocenters. The molecule has 2 aromatic rings. The van der Waals surface area contributed by atoms with Crippen molar-refractivity contribution in [1.29, 1.82) is 0 Å². The van der Waals surface area contributed by atoms with Gasteiger partial charge in [0, 0.05) is 5.82 Å². The van der Waals surface area contributed by atoms with E-state index in [0.717, 1.165) is 5.82 Å². The van der Waals surface area contributed by atoms with Gasteiger partial charge in [0.05, 0.1) is 19.5 Å². The summed E-state index contributed by atoms with van der Waals surface area (Å²) < 4.78 is 44.1. The van der Waals surface area contributed by atoms with Gasteiger partial charge in [-0.05, 0) is 19.9 Å². The standard InChI is InChI=1S/C15H21FN5O6P/c1-3-25-28(24,26-4-2)6-5-8-11(22)9(16)14(27-8)21-7-18-10-12(21)19-15(17)20-13(10)23/h5-9,11,14,22H,3-4H2,1-2H3,(H3,17,19,20,23)/b6-5+/t8-,9-,11-,14-/m1/s1. The van der Waals surface area contributed by atoms with Crippen LogP contribution >= 0.6 is 7.60 Å². The van der Waals surface area contributed by atoms with Crippen LogP contribution in [0.3, 0.4) is 0 Å². The average molecular weight is 417 g/mol. The second kappa shape index (κ2) is 8.10. The van der Waals surface area contributed by atoms with E-state index < -0.39 is 37.8 Å². The number of fused-ring (bicyclic) bond motifs is 1. The summed E-state index contributed by atoms with van der Waals surface area (Å²) in [7, 11) is -3.54. The molecule has 4 N–H and O–H groups in total. The third-order valence-corrected chi connectivity index (χ3v) is 5.81. The van der Waals surface area contributed by atoms with E-state index in [1.807, 2.05) is 0 Å². The van der Waals surface area contributed by atoms with Crippen LogP contribution in [0.1, 0.15) is 20.1 Å². The maximum atomic E-state index is 14.7. The molecule has 3 rings (SSSR count). The van der Waals surface area contributed by atoms with Gasteiger partial charge in [0.1, 0.15) is 12.2 Å². The summed E-state index contributed by atoms with van der Waals surface area (Å²) in [6.07, 6.45) is -3.47. The number of hydrogen-bond acceptors (Lipinski definition) is 9. The Kier molecular flexibility index (Phi) is 5.96. The van der Waals surface area contributed by atoms with E-state index in [-0.39, 0.29) is 30.3 Å². The van der Waals surface area contributed by atoms with Crippen LogP contribution in [-0.4, -0.2) is 56.2 Å². The summed E-state index contributed by atoms with van der Waals surface area (Å²) in [5.41, 5.74) is 4.92. The van der Waals surface area contributed by atoms with Crippen LogP contribution in [0.5, 0.6) is 0 Å². The molecule has 0 bridgehead atoms. The lowest BCUT2D eigenvalue weighted by Gasteiger charge is -2.15. The number of aliphatic hydroxyl groups is 1. The maximum Gasteiger partial charge on any atom is 0.353 e. The van der Waals surface area contributed by atoms with E-state index >= 15 is 0 Å². The van der Waals surface area contributed by atoms with Crippen LogP contribution < -0.4 is 11.3 Å². The number of imidazole rings is 1. The summed E-state index contributed by atoms with van der Waals surface area (Å²) in [6.45, 7) is 3.59. The number of aliphatic hydroxyl groups excluding tert-OH is 1. The fourth-order valence-corrected chi connectivity index (χ4v) is 4.19. The first kappa shape index (κ1) is 20.6. The first-order valence-corrected chi connectivity index (χ1v) is 10.2. The summed E-state index contributed by atoms with van der Waals surface area (Å²) >= 11 is 0. The monoisotopic (exact) mass is 417 g/mol. The van der Waals surface area contributed by atoms with Crippen LogP contribution in [0.4, 0.5) is 10.3 Å². The number of halogens is 1. The summed E-state index contributed by atoms with van der Waals surface area (Å²) in [5, 5.41) is 10.2. The van der Waals surface area contributed by atoms with Crippen LogP contribution in [0, 0.1) is 0 Å². The molecule has 0 aromatic carbocycles. The maximum absolute atomic E-state index is 14.7. The zero-order valence-corrected chi connectivity index (χ0v) is 16.1. The summed E-state index contributed by atoms with van der Waals surface area (Å²) in [6, 6.07) is 0. The average Bonchev–Trinajstić information content (AvgIpc) is 3.16. The minimum atomic E-state index is -3.54. The number of alkyl halides is 1. The van der Waals surface area contributed by atoms with E-state index in [4.69, 9.17) is 19.5 Å². The number of ether oxygens (including phenoxy) is 1. The molecule has 0 spiro atoms. The Morgan fingerprint density at radius 1 is 1.46 bits per heavy atom. The molecule has 11 nitrogen and oxygen atoms in total. The van der Waals surface area contributed by atoms with E-state index in [2.05, 4.69) is 15.0 Å². The number of anilines is 1. The van der Waals surface area contributed by atoms with Gasteiger partial charge in [-0.15, -0.1) is 0 Å². The smallest absolute Gasteiger partial charge is 0.353 e. The zero-order valence-electron chi connectivity index (χ0n) is 15.2. The van der Waals surface area contributed by atoms with Crippen molar-refractivity contribution >= 4 is 24.7 Å². The van der Waals surface area contributed by atoms with Gasteiger partial charge in [-0.1, -0.05) is 0 Å². The number of hydrogen-bond donors (Lipinski definition) is 3. The Labute approximate surface area is 158 Å². The molecule has 0 unspecified atom stereocenters. The molecular formula is C15H21FN5O6P. The van der Waals surface area contributed by atoms with Gasteiger partial charge < -0.3 is 24.6 Å². The Morgan fingerprint density at radius 2 is 2.14 bits per heavy atom. The van der Waals surface area contributed by atoms with Crippen molar-refractivity contribution in [3.8, 4) is 0 Å². The number of aromatic nitrogens is 4. The second-order valence-electron chi connectivity index (χ2n) is 5.92. The number of nitrogens with one attached hydrogen (secondary N) is 1. The van der Waals surface area contributed by atoms with Gasteiger partial charge in [-0.2, -0.15) is 4.98 Å². The number of nitrogen functional groups attached to an aromatic ring is 1. The molecule has 1 aliphatic heterocycles. The predicted molar refractivity (Wildman–Crippen MR) is 97.4 cm³/mol. The molecule has 2 aromatic heterocycles. The Morgan fingerprint density at radius 3 is 2.79 bits per heavy atom. The first-order valence-electron chi connectivity index (χ1n) is 8.57. The minimum absolute atomic E-state index is 0.0139. The normalized spacial score (nSPS) is 25.9. The third-order valence-electron chi connectivity index (χ3n) is 4.03. The first-order chi connectivity index (χ1) is 13.3. The molecule has 0 saturated carbocycles. The van der Waals surface area contributed by atoms with Crippen molar-refractivity contribution in [2.45, 2.75) is 38.5 Å². The molecule has 0 amide bonds. The molecule has 1 fully saturated rings. The predicted octanol–water partition coefficient (Wildman–Crippen LogP) is 1.08. The van der Waals surface area contributed by atoms with Gasteiger partial charge in [0.25, 0.3) is 5.56 Å². The summed E-state index contributed by atoms with van der Waals surface area (Å²) in [4.78, 5) is 22.0. The molecule has 28 heavy (non-hydrogen) atoms. The number of nitrogens with two attached hydrogens (primary N) is 1. The van der Waals surface area contributed by atoms with Crippen LogP contribution in [0.25, 0.3) is 11.2 Å². The molecule has 3 heterocycles. The van der Waals surface area contributed by atoms with Crippen molar-refractivity contribution in [1.82, 2.24) is 19.5 Å². The lowest BCUT2D eigenvalue weighted by Crippen LogP contribution is -2.27. The highest BCUT2D eigenvalue weighted by Crippen LogP contribution is 2.50. The van der Waals surface area contributed by atoms with Crippen molar-refractivity contribution in [3.63, 3.8) is 0 Å². The highest BCUT2D eigenvalue weighted by atomic mass is 31.2. The Hall–Kier alpha value is -2.11. The third kappa shape index (κ3) is 3.87. The quantitative estimate of drug-likeness (QED) is 0.561. The van der Waals surface area contributed by atoms with E-state index in [1.54, 1.807) is 13.8 Å². The van der Waals surface area contributed by atoms with Crippen molar-refractivity contribution in [3.05, 3.63) is 28.6 Å². The highest BCUT2D eigenvalue weighted by Gasteiger charge is 2.45. The summed E-state index contributed by atoms with van der Waals surface area (Å²) in [5.74, 6) is 0.967. The van der Waals surface area contributed by atoms with Crippen LogP contribution in [0.2, 0.25) is 0 Å². The van der Waals surface area contributed by atoms with Crippen LogP contribution in [-0.2, 0) is 18.3 Å². The van der Waals surface area contributed by atoms with Crippen molar-refractivity contribution in [2.24, 2.45) is 0 Å². The second-order valence-corrected chi connectivity index (χ2v) is 7.81. The van der Waals surface area contributed by atoms with Crippen molar-refractivity contribution in [2.75, 3.05) is 18.9 Å². The van der Waals surface area contributed by atoms with Gasteiger partial charge in [-0.3, -0.25) is 18.9 Å². The van der Waals surface area contributed by atoms with Crippen LogP contribution in [0.15, 0.2) is 23.0 Å². The molecule has 0 radical (unpaired) electrons.